The van der Waals surface area contributed by atoms with E-state index in [2.05, 4.69) is 48.1 Å². The number of hydrogen-bond acceptors (Lipinski definition) is 3. The van der Waals surface area contributed by atoms with Crippen molar-refractivity contribution in [1.82, 2.24) is 9.97 Å². The Hall–Kier alpha value is -1.90. The second-order valence-corrected chi connectivity index (χ2v) is 9.09. The third-order valence-corrected chi connectivity index (χ3v) is 6.55. The minimum atomic E-state index is 0.718. The number of ether oxygens (including phenoxy) is 1. The van der Waals surface area contributed by atoms with E-state index in [4.69, 9.17) is 4.74 Å². The molecule has 1 aromatic heterocycles. The van der Waals surface area contributed by atoms with Crippen LogP contribution in [0.3, 0.4) is 0 Å². The lowest BCUT2D eigenvalue weighted by Crippen LogP contribution is -2.20. The van der Waals surface area contributed by atoms with E-state index in [9.17, 15) is 0 Å². The highest BCUT2D eigenvalue weighted by Gasteiger charge is 2.21. The summed E-state index contributed by atoms with van der Waals surface area (Å²) in [6, 6.07) is 8.27. The Morgan fingerprint density at radius 1 is 0.800 bits per heavy atom. The van der Waals surface area contributed by atoms with Gasteiger partial charge in [-0.15, -0.1) is 0 Å². The Morgan fingerprint density at radius 3 is 2.13 bits per heavy atom. The number of nitrogens with zero attached hydrogens (tertiary/aromatic N) is 2. The molecule has 0 saturated heterocycles. The molecule has 3 nitrogen and oxygen atoms in total. The Bertz CT molecular complexity index is 703. The van der Waals surface area contributed by atoms with Gasteiger partial charge in [-0.2, -0.15) is 0 Å². The molecule has 1 saturated carbocycles. The molecule has 3 heteroatoms. The number of aromatic nitrogens is 2. The molecule has 0 spiro atoms. The zero-order chi connectivity index (χ0) is 21.0. The van der Waals surface area contributed by atoms with E-state index in [0.717, 1.165) is 42.0 Å². The fourth-order valence-electron chi connectivity index (χ4n) is 4.48. The smallest absolute Gasteiger partial charge is 0.159 e. The molecule has 0 radical (unpaired) electrons. The van der Waals surface area contributed by atoms with Gasteiger partial charge in [-0.05, 0) is 67.3 Å². The average Bonchev–Trinajstić information content (AvgIpc) is 2.81. The van der Waals surface area contributed by atoms with Crippen LogP contribution in [-0.2, 0) is 6.42 Å². The summed E-state index contributed by atoms with van der Waals surface area (Å²) in [5.41, 5.74) is 2.29. The van der Waals surface area contributed by atoms with Gasteiger partial charge in [-0.3, -0.25) is 0 Å². The van der Waals surface area contributed by atoms with E-state index in [-0.39, 0.29) is 0 Å². The van der Waals surface area contributed by atoms with Gasteiger partial charge in [0.25, 0.3) is 0 Å². The fraction of sp³-hybridized carbons (Fsp3) is 0.630. The van der Waals surface area contributed by atoms with Gasteiger partial charge in [0.15, 0.2) is 5.82 Å². The largest absolute Gasteiger partial charge is 0.493 e. The summed E-state index contributed by atoms with van der Waals surface area (Å²) in [4.78, 5) is 9.15. The maximum Gasteiger partial charge on any atom is 0.159 e. The van der Waals surface area contributed by atoms with Gasteiger partial charge in [0, 0.05) is 18.0 Å². The zero-order valence-corrected chi connectivity index (χ0v) is 19.1. The Labute approximate surface area is 183 Å². The van der Waals surface area contributed by atoms with E-state index in [1.807, 2.05) is 12.4 Å². The number of benzene rings is 1. The van der Waals surface area contributed by atoms with E-state index in [0.29, 0.717) is 0 Å². The van der Waals surface area contributed by atoms with Crippen molar-refractivity contribution in [2.24, 2.45) is 11.8 Å². The molecule has 164 valence electrons. The van der Waals surface area contributed by atoms with Gasteiger partial charge in [-0.25, -0.2) is 9.97 Å². The predicted molar refractivity (Wildman–Crippen MR) is 126 cm³/mol. The van der Waals surface area contributed by atoms with Crippen molar-refractivity contribution in [2.75, 3.05) is 6.61 Å². The number of unbranched alkanes of at least 4 members (excludes halogenated alkanes) is 4. The van der Waals surface area contributed by atoms with Crippen molar-refractivity contribution in [1.29, 1.82) is 0 Å². The van der Waals surface area contributed by atoms with E-state index >= 15 is 0 Å². The van der Waals surface area contributed by atoms with Crippen molar-refractivity contribution in [2.45, 2.75) is 90.9 Å². The highest BCUT2D eigenvalue weighted by atomic mass is 16.5. The summed E-state index contributed by atoms with van der Waals surface area (Å²) in [5.74, 6) is 3.43. The van der Waals surface area contributed by atoms with Crippen molar-refractivity contribution < 1.29 is 4.74 Å². The van der Waals surface area contributed by atoms with Crippen molar-refractivity contribution >= 4 is 0 Å². The first-order valence-corrected chi connectivity index (χ1v) is 12.3. The molecule has 2 aromatic rings. The van der Waals surface area contributed by atoms with Crippen LogP contribution in [-0.4, -0.2) is 16.6 Å². The molecule has 0 unspecified atom stereocenters. The van der Waals surface area contributed by atoms with Gasteiger partial charge < -0.3 is 4.74 Å². The highest BCUT2D eigenvalue weighted by Crippen LogP contribution is 2.32. The SMILES string of the molecule is CCCCCCc1cnc(-c2ccc(OC[C@H]3CC[C@H](CCCC)CC3)cc2)nc1. The minimum absolute atomic E-state index is 0.718. The average molecular weight is 409 g/mol. The van der Waals surface area contributed by atoms with Gasteiger partial charge in [0.05, 0.1) is 6.61 Å². The van der Waals surface area contributed by atoms with Gasteiger partial charge in [-0.1, -0.05) is 65.2 Å². The Kier molecular flexibility index (Phi) is 9.66. The lowest BCUT2D eigenvalue weighted by molar-refractivity contribution is 0.178. The van der Waals surface area contributed by atoms with E-state index in [1.165, 1.54) is 76.2 Å². The molecule has 0 aliphatic heterocycles. The second kappa shape index (κ2) is 12.7. The van der Waals surface area contributed by atoms with Crippen LogP contribution in [0.1, 0.15) is 90.0 Å². The molecular formula is C27H40N2O. The van der Waals surface area contributed by atoms with Gasteiger partial charge in [0.2, 0.25) is 0 Å². The first kappa shape index (κ1) is 22.8. The van der Waals surface area contributed by atoms with E-state index in [1.54, 1.807) is 0 Å². The fourth-order valence-corrected chi connectivity index (χ4v) is 4.48. The Morgan fingerprint density at radius 2 is 1.47 bits per heavy atom. The molecule has 0 bridgehead atoms. The maximum absolute atomic E-state index is 6.10. The molecule has 0 atom stereocenters. The number of rotatable bonds is 12. The van der Waals surface area contributed by atoms with Crippen LogP contribution in [0.2, 0.25) is 0 Å². The molecule has 1 heterocycles. The van der Waals surface area contributed by atoms with Crippen LogP contribution < -0.4 is 4.74 Å². The van der Waals surface area contributed by atoms with E-state index < -0.39 is 0 Å². The standard InChI is InChI=1S/C27H40N2O/c1-3-5-7-8-10-24-19-28-27(29-20-24)25-15-17-26(18-16-25)30-21-23-13-11-22(12-14-23)9-6-4-2/h15-20,22-23H,3-14,21H2,1-2H3/t22-,23-. The van der Waals surface area contributed by atoms with Crippen molar-refractivity contribution in [3.63, 3.8) is 0 Å². The molecule has 3 rings (SSSR count). The summed E-state index contributed by atoms with van der Waals surface area (Å²) < 4.78 is 6.10. The molecule has 1 aliphatic rings. The normalized spacial score (nSPS) is 19.0. The first-order valence-electron chi connectivity index (χ1n) is 12.3. The van der Waals surface area contributed by atoms with Crippen LogP contribution >= 0.6 is 0 Å². The third kappa shape index (κ3) is 7.41. The minimum Gasteiger partial charge on any atom is -0.493 e. The van der Waals surface area contributed by atoms with Crippen molar-refractivity contribution in [3.05, 3.63) is 42.2 Å². The molecule has 0 N–H and O–H groups in total. The Balaban J connectivity index is 1.41. The van der Waals surface area contributed by atoms with Crippen LogP contribution in [0.5, 0.6) is 5.75 Å². The molecular weight excluding hydrogens is 368 g/mol. The lowest BCUT2D eigenvalue weighted by Gasteiger charge is -2.28. The third-order valence-electron chi connectivity index (χ3n) is 6.55. The quantitative estimate of drug-likeness (QED) is 0.338. The predicted octanol–water partition coefficient (Wildman–Crippen LogP) is 7.64. The summed E-state index contributed by atoms with van der Waals surface area (Å²) in [5, 5.41) is 0. The molecule has 0 amide bonds. The van der Waals surface area contributed by atoms with Crippen molar-refractivity contribution in [3.8, 4) is 17.1 Å². The second-order valence-electron chi connectivity index (χ2n) is 9.09. The monoisotopic (exact) mass is 408 g/mol. The number of aryl methyl sites for hydroxylation is 1. The van der Waals surface area contributed by atoms with Crippen LogP contribution in [0.25, 0.3) is 11.4 Å². The summed E-state index contributed by atoms with van der Waals surface area (Å²) >= 11 is 0. The summed E-state index contributed by atoms with van der Waals surface area (Å²) in [6.07, 6.45) is 19.7. The topological polar surface area (TPSA) is 35.0 Å². The first-order chi connectivity index (χ1) is 14.8. The van der Waals surface area contributed by atoms with Crippen LogP contribution in [0, 0.1) is 11.8 Å². The molecule has 1 aliphatic carbocycles. The molecule has 1 aromatic carbocycles. The van der Waals surface area contributed by atoms with Gasteiger partial charge in [0.1, 0.15) is 5.75 Å². The molecule has 1 fully saturated rings. The molecule has 30 heavy (non-hydrogen) atoms. The zero-order valence-electron chi connectivity index (χ0n) is 19.1. The number of hydrogen-bond donors (Lipinski definition) is 0. The summed E-state index contributed by atoms with van der Waals surface area (Å²) in [6.45, 7) is 5.39. The van der Waals surface area contributed by atoms with Crippen LogP contribution in [0.15, 0.2) is 36.7 Å². The summed E-state index contributed by atoms with van der Waals surface area (Å²) in [7, 11) is 0. The van der Waals surface area contributed by atoms with Crippen LogP contribution in [0.4, 0.5) is 0 Å². The maximum atomic E-state index is 6.10. The highest BCUT2D eigenvalue weighted by molar-refractivity contribution is 5.55. The van der Waals surface area contributed by atoms with Gasteiger partial charge >= 0.3 is 0 Å². The lowest BCUT2D eigenvalue weighted by atomic mass is 9.80.